The van der Waals surface area contributed by atoms with Gasteiger partial charge in [0.15, 0.2) is 0 Å². The van der Waals surface area contributed by atoms with Crippen molar-refractivity contribution in [1.29, 1.82) is 0 Å². The Hall–Kier alpha value is -2.54. The highest BCUT2D eigenvalue weighted by Gasteiger charge is 2.34. The lowest BCUT2D eigenvalue weighted by molar-refractivity contribution is -0.137. The van der Waals surface area contributed by atoms with Crippen molar-refractivity contribution in [2.45, 2.75) is 31.5 Å². The lowest BCUT2D eigenvalue weighted by Crippen LogP contribution is -2.37. The molecule has 0 unspecified atom stereocenters. The molecule has 150 valence electrons. The Bertz CT molecular complexity index is 801. The maximum atomic E-state index is 13.6. The first kappa shape index (κ1) is 20.2. The number of ether oxygens (including phenoxy) is 1. The second-order valence-electron chi connectivity index (χ2n) is 7.06. The van der Waals surface area contributed by atoms with Gasteiger partial charge in [0.1, 0.15) is 5.75 Å². The number of para-hydroxylation sites is 1. The second-order valence-corrected chi connectivity index (χ2v) is 7.06. The maximum absolute atomic E-state index is 13.6. The Morgan fingerprint density at radius 1 is 1.14 bits per heavy atom. The number of nitrogens with one attached hydrogen (secondary N) is 1. The number of hydrogen-bond acceptors (Lipinski definition) is 4. The number of piperidine rings is 1. The van der Waals surface area contributed by atoms with E-state index in [0.29, 0.717) is 5.75 Å². The van der Waals surface area contributed by atoms with E-state index in [1.807, 2.05) is 7.05 Å². The Morgan fingerprint density at radius 2 is 1.82 bits per heavy atom. The first-order valence-corrected chi connectivity index (χ1v) is 9.22. The van der Waals surface area contributed by atoms with Gasteiger partial charge in [0.05, 0.1) is 12.0 Å². The van der Waals surface area contributed by atoms with Gasteiger partial charge in [-0.1, -0.05) is 24.3 Å². The zero-order valence-electron chi connectivity index (χ0n) is 15.6. The van der Waals surface area contributed by atoms with Gasteiger partial charge in [0.25, 0.3) is 0 Å². The van der Waals surface area contributed by atoms with Crippen molar-refractivity contribution in [3.63, 3.8) is 0 Å². The van der Waals surface area contributed by atoms with E-state index in [9.17, 15) is 18.0 Å². The minimum atomic E-state index is -4.51. The highest BCUT2D eigenvalue weighted by atomic mass is 19.4. The molecule has 1 heterocycles. The number of halogens is 3. The minimum Gasteiger partial charge on any atom is -0.426 e. The fourth-order valence-electron chi connectivity index (χ4n) is 3.26. The lowest BCUT2D eigenvalue weighted by Gasteiger charge is -2.31. The van der Waals surface area contributed by atoms with Gasteiger partial charge in [-0.05, 0) is 62.8 Å². The van der Waals surface area contributed by atoms with Crippen LogP contribution in [0, 0.1) is 0 Å². The van der Waals surface area contributed by atoms with E-state index in [2.05, 4.69) is 10.2 Å². The maximum Gasteiger partial charge on any atom is 0.418 e. The van der Waals surface area contributed by atoms with Gasteiger partial charge >= 0.3 is 12.1 Å². The number of alkyl halides is 3. The standard InChI is InChI=1S/C21H23F3N2O2/c1-26-11-9-16(10-12-26)25-19-8-7-15(13-18(19)21(22,23)24)14-20(27)28-17-5-3-2-4-6-17/h2-8,13,16,25H,9-12,14H2,1H3. The Kier molecular flexibility index (Phi) is 6.24. The van der Waals surface area contributed by atoms with Crippen LogP contribution in [-0.2, 0) is 17.4 Å². The van der Waals surface area contributed by atoms with E-state index in [1.165, 1.54) is 6.07 Å². The molecular weight excluding hydrogens is 369 g/mol. The van der Waals surface area contributed by atoms with Gasteiger partial charge in [0, 0.05) is 11.7 Å². The molecule has 0 radical (unpaired) electrons. The van der Waals surface area contributed by atoms with E-state index in [-0.39, 0.29) is 23.7 Å². The van der Waals surface area contributed by atoms with E-state index in [0.717, 1.165) is 32.0 Å². The third-order valence-electron chi connectivity index (χ3n) is 4.79. The van der Waals surface area contributed by atoms with Gasteiger partial charge < -0.3 is 15.0 Å². The summed E-state index contributed by atoms with van der Waals surface area (Å²) in [5, 5.41) is 3.03. The molecule has 4 nitrogen and oxygen atoms in total. The third-order valence-corrected chi connectivity index (χ3v) is 4.79. The minimum absolute atomic E-state index is 0.00574. The fraction of sp³-hybridized carbons (Fsp3) is 0.381. The molecule has 0 atom stereocenters. The average Bonchev–Trinajstić information content (AvgIpc) is 2.65. The monoisotopic (exact) mass is 392 g/mol. The summed E-state index contributed by atoms with van der Waals surface area (Å²) >= 11 is 0. The van der Waals surface area contributed by atoms with Crippen LogP contribution in [0.2, 0.25) is 0 Å². The molecule has 2 aromatic rings. The predicted molar refractivity (Wildman–Crippen MR) is 101 cm³/mol. The van der Waals surface area contributed by atoms with Crippen LogP contribution in [0.1, 0.15) is 24.0 Å². The quantitative estimate of drug-likeness (QED) is 0.607. The molecule has 7 heteroatoms. The number of esters is 1. The molecule has 0 amide bonds. The molecular formula is C21H23F3N2O2. The topological polar surface area (TPSA) is 41.6 Å². The molecule has 0 aliphatic carbocycles. The van der Waals surface area contributed by atoms with Gasteiger partial charge in [-0.3, -0.25) is 4.79 Å². The molecule has 0 spiro atoms. The van der Waals surface area contributed by atoms with Crippen LogP contribution in [0.15, 0.2) is 48.5 Å². The zero-order valence-corrected chi connectivity index (χ0v) is 15.6. The largest absolute Gasteiger partial charge is 0.426 e. The van der Waals surface area contributed by atoms with Crippen LogP contribution in [0.4, 0.5) is 18.9 Å². The number of anilines is 1. The number of likely N-dealkylation sites (tertiary alicyclic amines) is 1. The number of hydrogen-bond donors (Lipinski definition) is 1. The number of carbonyl (C=O) groups is 1. The summed E-state index contributed by atoms with van der Waals surface area (Å²) in [5.74, 6) is -0.237. The van der Waals surface area contributed by atoms with Crippen LogP contribution in [0.25, 0.3) is 0 Å². The normalized spacial score (nSPS) is 16.0. The van der Waals surface area contributed by atoms with Crippen molar-refractivity contribution in [2.75, 3.05) is 25.5 Å². The summed E-state index contributed by atoms with van der Waals surface area (Å²) < 4.78 is 45.9. The molecule has 3 rings (SSSR count). The van der Waals surface area contributed by atoms with Crippen molar-refractivity contribution >= 4 is 11.7 Å². The number of benzene rings is 2. The highest BCUT2D eigenvalue weighted by molar-refractivity contribution is 5.75. The van der Waals surface area contributed by atoms with Crippen molar-refractivity contribution < 1.29 is 22.7 Å². The number of rotatable bonds is 5. The Morgan fingerprint density at radius 3 is 2.46 bits per heavy atom. The molecule has 1 N–H and O–H groups in total. The highest BCUT2D eigenvalue weighted by Crippen LogP contribution is 2.36. The predicted octanol–water partition coefficient (Wildman–Crippen LogP) is 4.36. The summed E-state index contributed by atoms with van der Waals surface area (Å²) in [5.41, 5.74) is -0.430. The third kappa shape index (κ3) is 5.48. The molecule has 28 heavy (non-hydrogen) atoms. The van der Waals surface area contributed by atoms with E-state index >= 15 is 0 Å². The van der Waals surface area contributed by atoms with Crippen molar-refractivity contribution in [2.24, 2.45) is 0 Å². The van der Waals surface area contributed by atoms with Crippen LogP contribution >= 0.6 is 0 Å². The van der Waals surface area contributed by atoms with E-state index in [1.54, 1.807) is 36.4 Å². The first-order chi connectivity index (χ1) is 13.3. The van der Waals surface area contributed by atoms with Crippen molar-refractivity contribution in [3.05, 3.63) is 59.7 Å². The number of nitrogens with zero attached hydrogens (tertiary/aromatic N) is 1. The van der Waals surface area contributed by atoms with E-state index in [4.69, 9.17) is 4.74 Å². The van der Waals surface area contributed by atoms with Crippen molar-refractivity contribution in [1.82, 2.24) is 4.90 Å². The fourth-order valence-corrected chi connectivity index (χ4v) is 3.26. The van der Waals surface area contributed by atoms with Gasteiger partial charge in [-0.2, -0.15) is 13.2 Å². The lowest BCUT2D eigenvalue weighted by atomic mass is 10.0. The first-order valence-electron chi connectivity index (χ1n) is 9.22. The summed E-state index contributed by atoms with van der Waals surface area (Å²) in [6, 6.07) is 12.4. The molecule has 1 fully saturated rings. The molecule has 1 aliphatic heterocycles. The molecule has 1 saturated heterocycles. The molecule has 0 aromatic heterocycles. The van der Waals surface area contributed by atoms with Gasteiger partial charge in [-0.25, -0.2) is 0 Å². The van der Waals surface area contributed by atoms with Crippen LogP contribution < -0.4 is 10.1 Å². The average molecular weight is 392 g/mol. The number of carbonyl (C=O) groups excluding carboxylic acids is 1. The molecule has 2 aromatic carbocycles. The second kappa shape index (κ2) is 8.65. The van der Waals surface area contributed by atoms with Crippen LogP contribution in [0.3, 0.4) is 0 Å². The summed E-state index contributed by atoms with van der Waals surface area (Å²) in [6.45, 7) is 1.70. The Balaban J connectivity index is 1.72. The zero-order chi connectivity index (χ0) is 20.1. The molecule has 1 aliphatic rings. The van der Waals surface area contributed by atoms with Crippen LogP contribution in [0.5, 0.6) is 5.75 Å². The summed E-state index contributed by atoms with van der Waals surface area (Å²) in [4.78, 5) is 14.2. The SMILES string of the molecule is CN1CCC(Nc2ccc(CC(=O)Oc3ccccc3)cc2C(F)(F)F)CC1. The molecule has 0 saturated carbocycles. The van der Waals surface area contributed by atoms with E-state index < -0.39 is 17.7 Å². The Labute approximate surface area is 162 Å². The molecule has 0 bridgehead atoms. The smallest absolute Gasteiger partial charge is 0.418 e. The van der Waals surface area contributed by atoms with Crippen LogP contribution in [-0.4, -0.2) is 37.0 Å². The van der Waals surface area contributed by atoms with Gasteiger partial charge in [0.2, 0.25) is 0 Å². The van der Waals surface area contributed by atoms with Crippen molar-refractivity contribution in [3.8, 4) is 5.75 Å². The van der Waals surface area contributed by atoms with Gasteiger partial charge in [-0.15, -0.1) is 0 Å². The summed E-state index contributed by atoms with van der Waals surface area (Å²) in [6.07, 6.45) is -3.16. The summed E-state index contributed by atoms with van der Waals surface area (Å²) in [7, 11) is 2.00.